The van der Waals surface area contributed by atoms with Crippen LogP contribution in [0.4, 0.5) is 0 Å². The highest BCUT2D eigenvalue weighted by Gasteiger charge is 2.41. The summed E-state index contributed by atoms with van der Waals surface area (Å²) in [4.78, 5) is 0. The van der Waals surface area contributed by atoms with E-state index in [4.69, 9.17) is 23.7 Å². The van der Waals surface area contributed by atoms with Crippen LogP contribution in [-0.4, -0.2) is 20.8 Å². The molecule has 0 unspecified atom stereocenters. The van der Waals surface area contributed by atoms with Crippen molar-refractivity contribution in [3.63, 3.8) is 0 Å². The Morgan fingerprint density at radius 1 is 0.862 bits per heavy atom. The van der Waals surface area contributed by atoms with E-state index in [2.05, 4.69) is 0 Å². The highest BCUT2D eigenvalue weighted by molar-refractivity contribution is 5.57. The quantitative estimate of drug-likeness (QED) is 0.621. The highest BCUT2D eigenvalue weighted by Crippen LogP contribution is 2.53. The molecule has 29 heavy (non-hydrogen) atoms. The van der Waals surface area contributed by atoms with Crippen molar-refractivity contribution in [1.29, 1.82) is 0 Å². The maximum Gasteiger partial charge on any atom is 0.165 e. The molecule has 0 N–H and O–H groups in total. The Bertz CT molecular complexity index is 1030. The van der Waals surface area contributed by atoms with Crippen molar-refractivity contribution < 1.29 is 23.7 Å². The number of hydrogen-bond acceptors (Lipinski definition) is 5. The standard InChI is InChI=1S/C24H22O5/c1-25-16-8-9-17-20(10-16)28-14-19-18-11-22(26-2)23(12-21(18)29-24(17)19)27-13-15-6-4-3-5-7-15/h3-12,19,24H,13-14H2,1-2H3/t19-,24-/m1/s1. The van der Waals surface area contributed by atoms with E-state index >= 15 is 0 Å². The maximum absolute atomic E-state index is 6.35. The lowest BCUT2D eigenvalue weighted by Gasteiger charge is -2.28. The summed E-state index contributed by atoms with van der Waals surface area (Å²) in [7, 11) is 3.31. The maximum atomic E-state index is 6.35. The zero-order chi connectivity index (χ0) is 19.8. The molecule has 148 valence electrons. The smallest absolute Gasteiger partial charge is 0.165 e. The number of methoxy groups -OCH3 is 2. The van der Waals surface area contributed by atoms with Crippen LogP contribution in [0.5, 0.6) is 28.7 Å². The van der Waals surface area contributed by atoms with Gasteiger partial charge >= 0.3 is 0 Å². The van der Waals surface area contributed by atoms with Crippen LogP contribution < -0.4 is 23.7 Å². The summed E-state index contributed by atoms with van der Waals surface area (Å²) in [5.41, 5.74) is 3.21. The normalized spacial score (nSPS) is 18.6. The summed E-state index contributed by atoms with van der Waals surface area (Å²) < 4.78 is 29.3. The van der Waals surface area contributed by atoms with Gasteiger partial charge in [0.15, 0.2) is 11.5 Å². The Hall–Kier alpha value is -3.34. The van der Waals surface area contributed by atoms with E-state index in [9.17, 15) is 0 Å². The molecule has 3 aromatic carbocycles. The lowest BCUT2D eigenvalue weighted by molar-refractivity contribution is 0.139. The van der Waals surface area contributed by atoms with E-state index in [1.54, 1.807) is 14.2 Å². The van der Waals surface area contributed by atoms with Gasteiger partial charge in [-0.2, -0.15) is 0 Å². The van der Waals surface area contributed by atoms with Crippen LogP contribution in [-0.2, 0) is 6.61 Å². The van der Waals surface area contributed by atoms with Gasteiger partial charge in [0, 0.05) is 23.3 Å². The minimum atomic E-state index is -0.0891. The molecule has 0 spiro atoms. The van der Waals surface area contributed by atoms with E-state index in [0.29, 0.717) is 24.7 Å². The van der Waals surface area contributed by atoms with E-state index in [-0.39, 0.29) is 12.0 Å². The molecule has 0 saturated carbocycles. The molecule has 0 amide bonds. The third kappa shape index (κ3) is 3.12. The molecule has 5 heteroatoms. The predicted molar refractivity (Wildman–Crippen MR) is 108 cm³/mol. The Balaban J connectivity index is 1.44. The molecule has 0 fully saturated rings. The topological polar surface area (TPSA) is 46.2 Å². The average Bonchev–Trinajstić information content (AvgIpc) is 3.15. The molecule has 0 bridgehead atoms. The zero-order valence-electron chi connectivity index (χ0n) is 16.4. The molecule has 5 nitrogen and oxygen atoms in total. The third-order valence-corrected chi connectivity index (χ3v) is 5.50. The van der Waals surface area contributed by atoms with Crippen LogP contribution in [0.2, 0.25) is 0 Å². The van der Waals surface area contributed by atoms with Crippen LogP contribution in [0.15, 0.2) is 60.7 Å². The summed E-state index contributed by atoms with van der Waals surface area (Å²) >= 11 is 0. The van der Waals surface area contributed by atoms with Crippen LogP contribution in [0, 0.1) is 0 Å². The van der Waals surface area contributed by atoms with Crippen LogP contribution in [0.3, 0.4) is 0 Å². The largest absolute Gasteiger partial charge is 0.497 e. The van der Waals surface area contributed by atoms with E-state index in [1.807, 2.05) is 60.7 Å². The van der Waals surface area contributed by atoms with E-state index in [1.165, 1.54) is 0 Å². The molecule has 0 saturated heterocycles. The molecule has 0 aliphatic carbocycles. The van der Waals surface area contributed by atoms with Crippen molar-refractivity contribution in [3.05, 3.63) is 77.4 Å². The van der Waals surface area contributed by atoms with Crippen molar-refractivity contribution in [2.75, 3.05) is 20.8 Å². The molecule has 2 aliphatic heterocycles. The fourth-order valence-electron chi connectivity index (χ4n) is 3.98. The first-order valence-electron chi connectivity index (χ1n) is 9.63. The van der Waals surface area contributed by atoms with Crippen molar-refractivity contribution in [2.45, 2.75) is 18.6 Å². The second-order valence-corrected chi connectivity index (χ2v) is 7.17. The van der Waals surface area contributed by atoms with Crippen LogP contribution in [0.1, 0.15) is 28.7 Å². The van der Waals surface area contributed by atoms with Gasteiger partial charge in [-0.1, -0.05) is 30.3 Å². The summed E-state index contributed by atoms with van der Waals surface area (Å²) in [5, 5.41) is 0. The number of benzene rings is 3. The lowest BCUT2D eigenvalue weighted by Crippen LogP contribution is -2.23. The Labute approximate surface area is 169 Å². The Morgan fingerprint density at radius 2 is 1.72 bits per heavy atom. The first-order chi connectivity index (χ1) is 14.3. The Morgan fingerprint density at radius 3 is 2.52 bits per heavy atom. The fourth-order valence-corrected chi connectivity index (χ4v) is 3.98. The molecular weight excluding hydrogens is 368 g/mol. The van der Waals surface area contributed by atoms with Gasteiger partial charge < -0.3 is 23.7 Å². The second kappa shape index (κ2) is 7.24. The average molecular weight is 390 g/mol. The van der Waals surface area contributed by atoms with Gasteiger partial charge in [-0.3, -0.25) is 0 Å². The van der Waals surface area contributed by atoms with E-state index < -0.39 is 0 Å². The lowest BCUT2D eigenvalue weighted by atomic mass is 9.89. The molecule has 5 rings (SSSR count). The Kier molecular flexibility index (Phi) is 4.43. The van der Waals surface area contributed by atoms with Crippen molar-refractivity contribution in [3.8, 4) is 28.7 Å². The van der Waals surface area contributed by atoms with Crippen LogP contribution >= 0.6 is 0 Å². The number of ether oxygens (including phenoxy) is 5. The summed E-state index contributed by atoms with van der Waals surface area (Å²) in [6.07, 6.45) is -0.0891. The second-order valence-electron chi connectivity index (χ2n) is 7.17. The monoisotopic (exact) mass is 390 g/mol. The van der Waals surface area contributed by atoms with Crippen LogP contribution in [0.25, 0.3) is 0 Å². The van der Waals surface area contributed by atoms with Gasteiger partial charge in [-0.15, -0.1) is 0 Å². The summed E-state index contributed by atoms with van der Waals surface area (Å²) in [6, 6.07) is 19.9. The van der Waals surface area contributed by atoms with Gasteiger partial charge in [0.05, 0.1) is 26.7 Å². The SMILES string of the molecule is COc1ccc2c(c1)OC[C@@H]1c3cc(OC)c(OCc4ccccc4)cc3O[C@H]21. The minimum Gasteiger partial charge on any atom is -0.497 e. The summed E-state index contributed by atoms with van der Waals surface area (Å²) in [5.74, 6) is 3.88. The van der Waals surface area contributed by atoms with Crippen molar-refractivity contribution in [2.24, 2.45) is 0 Å². The molecule has 2 aliphatic rings. The first kappa shape index (κ1) is 17.7. The number of rotatable bonds is 5. The summed E-state index contributed by atoms with van der Waals surface area (Å²) in [6.45, 7) is 1.01. The molecular formula is C24H22O5. The minimum absolute atomic E-state index is 0.0891. The van der Waals surface area contributed by atoms with Gasteiger partial charge in [-0.05, 0) is 23.8 Å². The molecule has 2 atom stereocenters. The predicted octanol–water partition coefficient (Wildman–Crippen LogP) is 4.89. The third-order valence-electron chi connectivity index (χ3n) is 5.50. The van der Waals surface area contributed by atoms with Gasteiger partial charge in [0.1, 0.15) is 30.0 Å². The number of hydrogen-bond donors (Lipinski definition) is 0. The van der Waals surface area contributed by atoms with Gasteiger partial charge in [0.25, 0.3) is 0 Å². The molecule has 0 aromatic heterocycles. The molecule has 3 aromatic rings. The molecule has 2 heterocycles. The first-order valence-corrected chi connectivity index (χ1v) is 9.63. The van der Waals surface area contributed by atoms with E-state index in [0.717, 1.165) is 33.9 Å². The van der Waals surface area contributed by atoms with Gasteiger partial charge in [-0.25, -0.2) is 0 Å². The molecule has 0 radical (unpaired) electrons. The van der Waals surface area contributed by atoms with Crippen molar-refractivity contribution in [1.82, 2.24) is 0 Å². The zero-order valence-corrected chi connectivity index (χ0v) is 16.4. The highest BCUT2D eigenvalue weighted by atomic mass is 16.5. The fraction of sp³-hybridized carbons (Fsp3) is 0.250. The number of fused-ring (bicyclic) bond motifs is 5. The van der Waals surface area contributed by atoms with Gasteiger partial charge in [0.2, 0.25) is 0 Å². The van der Waals surface area contributed by atoms with Crippen molar-refractivity contribution >= 4 is 0 Å².